The molecule has 4 nitrogen and oxygen atoms in total. The molecule has 4 heteroatoms. The predicted molar refractivity (Wildman–Crippen MR) is 61.9 cm³/mol. The summed E-state index contributed by atoms with van der Waals surface area (Å²) in [6, 6.07) is 7.33. The van der Waals surface area contributed by atoms with Crippen molar-refractivity contribution in [2.75, 3.05) is 27.2 Å². The first-order valence-electron chi connectivity index (χ1n) is 5.47. The highest BCUT2D eigenvalue weighted by Gasteiger charge is 2.26. The lowest BCUT2D eigenvalue weighted by molar-refractivity contribution is 0.0100. The van der Waals surface area contributed by atoms with Crippen LogP contribution in [0.2, 0.25) is 0 Å². The number of phenols is 1. The van der Waals surface area contributed by atoms with E-state index in [0.717, 1.165) is 19.7 Å². The first kappa shape index (κ1) is 11.4. The second-order valence-electron chi connectivity index (χ2n) is 4.32. The number of phenolic OH excluding ortho intramolecular Hbond substituents is 1. The largest absolute Gasteiger partial charge is 0.508 e. The Morgan fingerprint density at radius 2 is 1.94 bits per heavy atom. The first-order valence-corrected chi connectivity index (χ1v) is 5.47. The summed E-state index contributed by atoms with van der Waals surface area (Å²) >= 11 is 0. The Kier molecular flexibility index (Phi) is 3.43. The average molecular weight is 222 g/mol. The Morgan fingerprint density at radius 1 is 1.31 bits per heavy atom. The third kappa shape index (κ3) is 3.20. The van der Waals surface area contributed by atoms with Crippen LogP contribution in [0.15, 0.2) is 24.3 Å². The zero-order valence-corrected chi connectivity index (χ0v) is 9.76. The third-order valence-corrected chi connectivity index (χ3v) is 2.68. The Hall–Kier alpha value is -1.10. The van der Waals surface area contributed by atoms with Crippen molar-refractivity contribution >= 4 is 0 Å². The minimum atomic E-state index is 0.311. The average Bonchev–Trinajstić information content (AvgIpc) is 3.04. The molecule has 0 spiro atoms. The maximum absolute atomic E-state index is 9.21. The van der Waals surface area contributed by atoms with Gasteiger partial charge < -0.3 is 9.84 Å². The van der Waals surface area contributed by atoms with E-state index in [1.54, 1.807) is 12.1 Å². The quantitative estimate of drug-likeness (QED) is 0.597. The summed E-state index contributed by atoms with van der Waals surface area (Å²) in [5, 5.41) is 13.5. The van der Waals surface area contributed by atoms with Gasteiger partial charge in [0.15, 0.2) is 0 Å². The van der Waals surface area contributed by atoms with Crippen molar-refractivity contribution in [2.24, 2.45) is 0 Å². The number of epoxide rings is 1. The normalized spacial score (nSPS) is 19.4. The molecule has 0 aromatic heterocycles. The van der Waals surface area contributed by atoms with Crippen LogP contribution in [0.3, 0.4) is 0 Å². The van der Waals surface area contributed by atoms with E-state index < -0.39 is 0 Å². The maximum atomic E-state index is 9.21. The van der Waals surface area contributed by atoms with Crippen LogP contribution in [0.4, 0.5) is 0 Å². The summed E-state index contributed by atoms with van der Waals surface area (Å²) in [5.41, 5.74) is 1.19. The van der Waals surface area contributed by atoms with Crippen molar-refractivity contribution in [3.8, 4) is 5.75 Å². The van der Waals surface area contributed by atoms with E-state index in [0.29, 0.717) is 11.9 Å². The second-order valence-corrected chi connectivity index (χ2v) is 4.32. The van der Waals surface area contributed by atoms with Crippen LogP contribution < -0.4 is 0 Å². The third-order valence-electron chi connectivity index (χ3n) is 2.68. The Bertz CT molecular complexity index is 333. The van der Waals surface area contributed by atoms with Crippen molar-refractivity contribution in [1.82, 2.24) is 10.0 Å². The van der Waals surface area contributed by atoms with Gasteiger partial charge in [0.25, 0.3) is 0 Å². The van der Waals surface area contributed by atoms with Crippen LogP contribution in [-0.2, 0) is 11.3 Å². The highest BCUT2D eigenvalue weighted by molar-refractivity contribution is 5.25. The summed E-state index contributed by atoms with van der Waals surface area (Å²) < 4.78 is 5.24. The molecule has 1 aliphatic heterocycles. The molecule has 1 N–H and O–H groups in total. The molecule has 2 rings (SSSR count). The van der Waals surface area contributed by atoms with E-state index in [9.17, 15) is 5.11 Å². The molecule has 1 fully saturated rings. The summed E-state index contributed by atoms with van der Waals surface area (Å²) in [4.78, 5) is 0. The van der Waals surface area contributed by atoms with Gasteiger partial charge in [0.05, 0.1) is 12.7 Å². The van der Waals surface area contributed by atoms with Crippen molar-refractivity contribution < 1.29 is 9.84 Å². The van der Waals surface area contributed by atoms with E-state index in [4.69, 9.17) is 4.74 Å². The van der Waals surface area contributed by atoms with Gasteiger partial charge >= 0.3 is 0 Å². The Morgan fingerprint density at radius 3 is 2.44 bits per heavy atom. The smallest absolute Gasteiger partial charge is 0.115 e. The number of rotatable bonds is 5. The molecule has 1 saturated heterocycles. The lowest BCUT2D eigenvalue weighted by Crippen LogP contribution is -2.39. The fourth-order valence-electron chi connectivity index (χ4n) is 1.59. The van der Waals surface area contributed by atoms with Crippen molar-refractivity contribution in [3.63, 3.8) is 0 Å². The van der Waals surface area contributed by atoms with Crippen molar-refractivity contribution in [1.29, 1.82) is 0 Å². The number of ether oxygens (including phenoxy) is 1. The topological polar surface area (TPSA) is 39.2 Å². The molecule has 0 amide bonds. The zero-order valence-electron chi connectivity index (χ0n) is 9.76. The van der Waals surface area contributed by atoms with Crippen LogP contribution >= 0.6 is 0 Å². The molecule has 1 aromatic carbocycles. The summed E-state index contributed by atoms with van der Waals surface area (Å²) in [7, 11) is 4.06. The standard InChI is InChI=1S/C12H18N2O2/c1-13(2)14(8-12-9-16-12)7-10-3-5-11(15)6-4-10/h3-6,12,15H,7-9H2,1-2H3. The van der Waals surface area contributed by atoms with E-state index in [1.165, 1.54) is 5.56 Å². The van der Waals surface area contributed by atoms with E-state index in [2.05, 4.69) is 10.0 Å². The Balaban J connectivity index is 1.95. The fourth-order valence-corrected chi connectivity index (χ4v) is 1.59. The van der Waals surface area contributed by atoms with Crippen LogP contribution in [0.1, 0.15) is 5.56 Å². The van der Waals surface area contributed by atoms with Gasteiger partial charge in [-0.15, -0.1) is 0 Å². The minimum Gasteiger partial charge on any atom is -0.508 e. The van der Waals surface area contributed by atoms with Gasteiger partial charge in [0.2, 0.25) is 0 Å². The molecule has 1 aromatic rings. The number of hydrogen-bond donors (Lipinski definition) is 1. The van der Waals surface area contributed by atoms with Crippen molar-refractivity contribution in [3.05, 3.63) is 29.8 Å². The van der Waals surface area contributed by atoms with E-state index in [1.807, 2.05) is 26.2 Å². The van der Waals surface area contributed by atoms with E-state index >= 15 is 0 Å². The molecule has 88 valence electrons. The lowest BCUT2D eigenvalue weighted by atomic mass is 10.2. The number of hydrogen-bond acceptors (Lipinski definition) is 4. The summed E-state index contributed by atoms with van der Waals surface area (Å²) in [5.74, 6) is 0.311. The molecule has 0 saturated carbocycles. The van der Waals surface area contributed by atoms with Gasteiger partial charge in [-0.2, -0.15) is 0 Å². The van der Waals surface area contributed by atoms with Crippen LogP contribution in [0.5, 0.6) is 5.75 Å². The number of benzene rings is 1. The molecule has 1 unspecified atom stereocenters. The molecule has 1 atom stereocenters. The van der Waals surface area contributed by atoms with Crippen LogP contribution in [0, 0.1) is 0 Å². The van der Waals surface area contributed by atoms with Crippen LogP contribution in [0.25, 0.3) is 0 Å². The summed E-state index contributed by atoms with van der Waals surface area (Å²) in [6.45, 7) is 2.64. The van der Waals surface area contributed by atoms with E-state index in [-0.39, 0.29) is 0 Å². The number of nitrogens with zero attached hydrogens (tertiary/aromatic N) is 2. The minimum absolute atomic E-state index is 0.311. The molecule has 1 aliphatic rings. The van der Waals surface area contributed by atoms with Crippen molar-refractivity contribution in [2.45, 2.75) is 12.6 Å². The molecule has 1 heterocycles. The predicted octanol–water partition coefficient (Wildman–Crippen LogP) is 1.07. The Labute approximate surface area is 96.0 Å². The molecular weight excluding hydrogens is 204 g/mol. The second kappa shape index (κ2) is 4.82. The highest BCUT2D eigenvalue weighted by atomic mass is 16.6. The van der Waals surface area contributed by atoms with Gasteiger partial charge in [-0.25, -0.2) is 10.0 Å². The summed E-state index contributed by atoms with van der Waals surface area (Å²) in [6.07, 6.45) is 0.388. The molecule has 0 aliphatic carbocycles. The van der Waals surface area contributed by atoms with Gasteiger partial charge in [-0.05, 0) is 17.7 Å². The molecule has 0 bridgehead atoms. The highest BCUT2D eigenvalue weighted by Crippen LogP contribution is 2.16. The first-order chi connectivity index (χ1) is 7.65. The maximum Gasteiger partial charge on any atom is 0.115 e. The fraction of sp³-hybridized carbons (Fsp3) is 0.500. The lowest BCUT2D eigenvalue weighted by Gasteiger charge is -2.28. The van der Waals surface area contributed by atoms with Gasteiger partial charge in [0, 0.05) is 27.2 Å². The zero-order chi connectivity index (χ0) is 11.5. The SMILES string of the molecule is CN(C)N(Cc1ccc(O)cc1)CC1CO1. The van der Waals surface area contributed by atoms with Gasteiger partial charge in [0.1, 0.15) is 5.75 Å². The molecular formula is C12H18N2O2. The molecule has 0 radical (unpaired) electrons. The molecule has 16 heavy (non-hydrogen) atoms. The van der Waals surface area contributed by atoms with Gasteiger partial charge in [-0.3, -0.25) is 0 Å². The van der Waals surface area contributed by atoms with Gasteiger partial charge in [-0.1, -0.05) is 12.1 Å². The number of hydrazine groups is 1. The number of aromatic hydroxyl groups is 1. The monoisotopic (exact) mass is 222 g/mol. The van der Waals surface area contributed by atoms with Crippen LogP contribution in [-0.4, -0.2) is 48.5 Å².